The second-order valence-electron chi connectivity index (χ2n) is 5.89. The fourth-order valence-corrected chi connectivity index (χ4v) is 3.14. The van der Waals surface area contributed by atoms with E-state index in [0.717, 1.165) is 16.9 Å². The standard InChI is InChI=1S/C18H21ClN4O3/c1-3-20-18(25)22-10-9-15-14(11-22)16(17(24)26-4-2)21-23(15)13-7-5-12(19)6-8-13/h5-8H,3-4,9-11H2,1-2H3,(H,20,25). The van der Waals surface area contributed by atoms with E-state index in [9.17, 15) is 9.59 Å². The Bertz CT molecular complexity index is 817. The molecule has 2 heterocycles. The number of carbonyl (C=O) groups is 2. The summed E-state index contributed by atoms with van der Waals surface area (Å²) >= 11 is 5.97. The molecule has 0 aliphatic carbocycles. The van der Waals surface area contributed by atoms with Crippen LogP contribution in [-0.2, 0) is 17.7 Å². The third-order valence-electron chi connectivity index (χ3n) is 4.21. The topological polar surface area (TPSA) is 76.5 Å². The molecule has 2 amide bonds. The largest absolute Gasteiger partial charge is 0.461 e. The maximum atomic E-state index is 12.4. The van der Waals surface area contributed by atoms with Gasteiger partial charge in [0, 0.05) is 30.1 Å². The minimum atomic E-state index is -0.478. The molecule has 0 atom stereocenters. The van der Waals surface area contributed by atoms with E-state index in [-0.39, 0.29) is 18.3 Å². The molecule has 1 aliphatic rings. The van der Waals surface area contributed by atoms with E-state index in [0.29, 0.717) is 31.1 Å². The van der Waals surface area contributed by atoms with Gasteiger partial charge in [0.25, 0.3) is 0 Å². The smallest absolute Gasteiger partial charge is 0.359 e. The summed E-state index contributed by atoms with van der Waals surface area (Å²) in [5, 5.41) is 7.91. The van der Waals surface area contributed by atoms with Gasteiger partial charge in [-0.2, -0.15) is 5.10 Å². The molecular weight excluding hydrogens is 356 g/mol. The molecule has 26 heavy (non-hydrogen) atoms. The number of amides is 2. The SMILES string of the molecule is CCNC(=O)N1CCc2c(c(C(=O)OCC)nn2-c2ccc(Cl)cc2)C1. The van der Waals surface area contributed by atoms with Gasteiger partial charge in [0.05, 0.1) is 24.5 Å². The van der Waals surface area contributed by atoms with Crippen molar-refractivity contribution in [2.45, 2.75) is 26.8 Å². The summed E-state index contributed by atoms with van der Waals surface area (Å²) < 4.78 is 6.89. The molecule has 0 unspecified atom stereocenters. The summed E-state index contributed by atoms with van der Waals surface area (Å²) in [6, 6.07) is 7.10. The maximum absolute atomic E-state index is 12.4. The summed E-state index contributed by atoms with van der Waals surface area (Å²) in [7, 11) is 0. The van der Waals surface area contributed by atoms with Gasteiger partial charge in [-0.05, 0) is 38.1 Å². The Labute approximate surface area is 156 Å². The molecule has 3 rings (SSSR count). The quantitative estimate of drug-likeness (QED) is 0.832. The molecule has 1 N–H and O–H groups in total. The van der Waals surface area contributed by atoms with E-state index in [1.165, 1.54) is 0 Å². The van der Waals surface area contributed by atoms with Crippen molar-refractivity contribution in [1.29, 1.82) is 0 Å². The van der Waals surface area contributed by atoms with Crippen molar-refractivity contribution in [3.05, 3.63) is 46.2 Å². The number of nitrogens with zero attached hydrogens (tertiary/aromatic N) is 3. The van der Waals surface area contributed by atoms with Crippen LogP contribution in [0.2, 0.25) is 5.02 Å². The molecule has 0 saturated heterocycles. The zero-order valence-corrected chi connectivity index (χ0v) is 15.5. The number of rotatable bonds is 4. The number of nitrogens with one attached hydrogen (secondary N) is 1. The maximum Gasteiger partial charge on any atom is 0.359 e. The van der Waals surface area contributed by atoms with Crippen LogP contribution in [0.4, 0.5) is 4.79 Å². The second-order valence-corrected chi connectivity index (χ2v) is 6.33. The van der Waals surface area contributed by atoms with Gasteiger partial charge >= 0.3 is 12.0 Å². The van der Waals surface area contributed by atoms with E-state index in [4.69, 9.17) is 16.3 Å². The highest BCUT2D eigenvalue weighted by Crippen LogP contribution is 2.26. The average Bonchev–Trinajstić information content (AvgIpc) is 3.02. The van der Waals surface area contributed by atoms with E-state index in [2.05, 4.69) is 10.4 Å². The van der Waals surface area contributed by atoms with Crippen LogP contribution in [0.15, 0.2) is 24.3 Å². The van der Waals surface area contributed by atoms with Gasteiger partial charge in [-0.3, -0.25) is 0 Å². The number of fused-ring (bicyclic) bond motifs is 1. The Morgan fingerprint density at radius 1 is 1.27 bits per heavy atom. The first-order valence-electron chi connectivity index (χ1n) is 8.61. The first-order chi connectivity index (χ1) is 12.5. The molecule has 0 radical (unpaired) electrons. The van der Waals surface area contributed by atoms with Gasteiger partial charge in [0.1, 0.15) is 0 Å². The van der Waals surface area contributed by atoms with Crippen LogP contribution in [0.1, 0.15) is 35.6 Å². The number of benzene rings is 1. The monoisotopic (exact) mass is 376 g/mol. The lowest BCUT2D eigenvalue weighted by Crippen LogP contribution is -2.43. The Kier molecular flexibility index (Phi) is 5.46. The van der Waals surface area contributed by atoms with E-state index in [1.54, 1.807) is 28.6 Å². The predicted octanol–water partition coefficient (Wildman–Crippen LogP) is 2.79. The number of ether oxygens (including phenoxy) is 1. The first kappa shape index (κ1) is 18.3. The number of halogens is 1. The highest BCUT2D eigenvalue weighted by atomic mass is 35.5. The molecule has 1 aromatic carbocycles. The molecule has 0 bridgehead atoms. The molecule has 0 saturated carbocycles. The van der Waals surface area contributed by atoms with Crippen LogP contribution in [0.25, 0.3) is 5.69 Å². The summed E-state index contributed by atoms with van der Waals surface area (Å²) in [6.07, 6.45) is 0.599. The summed E-state index contributed by atoms with van der Waals surface area (Å²) in [5.41, 5.74) is 2.71. The van der Waals surface area contributed by atoms with E-state index < -0.39 is 5.97 Å². The lowest BCUT2D eigenvalue weighted by atomic mass is 10.1. The zero-order valence-electron chi connectivity index (χ0n) is 14.8. The van der Waals surface area contributed by atoms with Gasteiger partial charge < -0.3 is 15.0 Å². The Hall–Kier alpha value is -2.54. The van der Waals surface area contributed by atoms with Crippen molar-refractivity contribution in [2.75, 3.05) is 19.7 Å². The van der Waals surface area contributed by atoms with Crippen molar-refractivity contribution in [1.82, 2.24) is 20.0 Å². The lowest BCUT2D eigenvalue weighted by molar-refractivity contribution is 0.0516. The van der Waals surface area contributed by atoms with Crippen molar-refractivity contribution in [3.63, 3.8) is 0 Å². The van der Waals surface area contributed by atoms with Gasteiger partial charge in [0.2, 0.25) is 0 Å². The molecule has 0 spiro atoms. The third kappa shape index (κ3) is 3.53. The van der Waals surface area contributed by atoms with Gasteiger partial charge in [-0.1, -0.05) is 11.6 Å². The van der Waals surface area contributed by atoms with Crippen LogP contribution in [0.3, 0.4) is 0 Å². The van der Waals surface area contributed by atoms with Crippen LogP contribution in [-0.4, -0.2) is 46.4 Å². The number of aromatic nitrogens is 2. The summed E-state index contributed by atoms with van der Waals surface area (Å²) in [5.74, 6) is -0.478. The molecule has 7 nitrogen and oxygen atoms in total. The molecule has 138 valence electrons. The Balaban J connectivity index is 2.01. The molecule has 2 aromatic rings. The van der Waals surface area contributed by atoms with Gasteiger partial charge in [-0.15, -0.1) is 0 Å². The summed E-state index contributed by atoms with van der Waals surface area (Å²) in [6.45, 7) is 5.32. The van der Waals surface area contributed by atoms with Gasteiger partial charge in [-0.25, -0.2) is 14.3 Å². The van der Waals surface area contributed by atoms with Crippen LogP contribution in [0.5, 0.6) is 0 Å². The highest BCUT2D eigenvalue weighted by molar-refractivity contribution is 6.30. The molecule has 1 aliphatic heterocycles. The van der Waals surface area contributed by atoms with Crippen LogP contribution in [0, 0.1) is 0 Å². The van der Waals surface area contributed by atoms with Gasteiger partial charge in [0.15, 0.2) is 5.69 Å². The number of hydrogen-bond acceptors (Lipinski definition) is 4. The highest BCUT2D eigenvalue weighted by Gasteiger charge is 2.31. The van der Waals surface area contributed by atoms with E-state index in [1.807, 2.05) is 19.1 Å². The minimum absolute atomic E-state index is 0.146. The van der Waals surface area contributed by atoms with Crippen molar-refractivity contribution in [2.24, 2.45) is 0 Å². The van der Waals surface area contributed by atoms with E-state index >= 15 is 0 Å². The fourth-order valence-electron chi connectivity index (χ4n) is 3.01. The lowest BCUT2D eigenvalue weighted by Gasteiger charge is -2.27. The molecular formula is C18H21ClN4O3. The fraction of sp³-hybridized carbons (Fsp3) is 0.389. The minimum Gasteiger partial charge on any atom is -0.461 e. The normalized spacial score (nSPS) is 13.3. The number of esters is 1. The van der Waals surface area contributed by atoms with Crippen molar-refractivity contribution >= 4 is 23.6 Å². The predicted molar refractivity (Wildman–Crippen MR) is 97.7 cm³/mol. The van der Waals surface area contributed by atoms with Crippen molar-refractivity contribution in [3.8, 4) is 5.69 Å². The third-order valence-corrected chi connectivity index (χ3v) is 4.46. The second kappa shape index (κ2) is 7.78. The number of hydrogen-bond donors (Lipinski definition) is 1. The number of carbonyl (C=O) groups excluding carboxylic acids is 2. The summed E-state index contributed by atoms with van der Waals surface area (Å²) in [4.78, 5) is 26.2. The number of urea groups is 1. The zero-order chi connectivity index (χ0) is 18.7. The molecule has 8 heteroatoms. The molecule has 0 fully saturated rings. The van der Waals surface area contributed by atoms with Crippen molar-refractivity contribution < 1.29 is 14.3 Å². The average molecular weight is 377 g/mol. The molecule has 1 aromatic heterocycles. The van der Waals surface area contributed by atoms with Crippen LogP contribution >= 0.6 is 11.6 Å². The Morgan fingerprint density at radius 3 is 2.65 bits per heavy atom. The van der Waals surface area contributed by atoms with Crippen LogP contribution < -0.4 is 5.32 Å². The first-order valence-corrected chi connectivity index (χ1v) is 8.99. The Morgan fingerprint density at radius 2 is 2.00 bits per heavy atom.